The first kappa shape index (κ1) is 12.5. The summed E-state index contributed by atoms with van der Waals surface area (Å²) in [6, 6.07) is 0.0570. The van der Waals surface area contributed by atoms with Gasteiger partial charge in [0, 0.05) is 13.0 Å². The maximum atomic E-state index is 11.9. The zero-order valence-electron chi connectivity index (χ0n) is 10.1. The van der Waals surface area contributed by atoms with E-state index in [9.17, 15) is 9.90 Å². The van der Waals surface area contributed by atoms with Crippen LogP contribution >= 0.6 is 0 Å². The van der Waals surface area contributed by atoms with E-state index in [1.165, 1.54) is 0 Å². The van der Waals surface area contributed by atoms with Crippen molar-refractivity contribution in [2.45, 2.75) is 46.1 Å². The Morgan fingerprint density at radius 1 is 1.60 bits per heavy atom. The van der Waals surface area contributed by atoms with E-state index in [-0.39, 0.29) is 18.6 Å². The Balaban J connectivity index is 2.52. The Morgan fingerprint density at radius 2 is 2.27 bits per heavy atom. The molecule has 1 fully saturated rings. The molecule has 1 rings (SSSR count). The molecule has 1 aliphatic heterocycles. The van der Waals surface area contributed by atoms with Crippen molar-refractivity contribution in [2.75, 3.05) is 13.2 Å². The number of amides is 1. The minimum atomic E-state index is 0.0570. The van der Waals surface area contributed by atoms with Gasteiger partial charge in [0.05, 0.1) is 12.6 Å². The lowest BCUT2D eigenvalue weighted by Crippen LogP contribution is -2.40. The van der Waals surface area contributed by atoms with E-state index in [2.05, 4.69) is 20.8 Å². The molecule has 0 aromatic carbocycles. The van der Waals surface area contributed by atoms with Crippen molar-refractivity contribution >= 4 is 5.91 Å². The van der Waals surface area contributed by atoms with E-state index in [0.717, 1.165) is 19.4 Å². The average molecular weight is 213 g/mol. The smallest absolute Gasteiger partial charge is 0.223 e. The first-order valence-electron chi connectivity index (χ1n) is 6.00. The van der Waals surface area contributed by atoms with Crippen molar-refractivity contribution < 1.29 is 9.90 Å². The number of carbonyl (C=O) groups is 1. The van der Waals surface area contributed by atoms with Crippen LogP contribution in [0.15, 0.2) is 0 Å². The van der Waals surface area contributed by atoms with Gasteiger partial charge in [0.15, 0.2) is 0 Å². The van der Waals surface area contributed by atoms with Gasteiger partial charge in [-0.15, -0.1) is 0 Å². The molecule has 15 heavy (non-hydrogen) atoms. The first-order valence-corrected chi connectivity index (χ1v) is 6.00. The van der Waals surface area contributed by atoms with Crippen LogP contribution in [0.4, 0.5) is 0 Å². The lowest BCUT2D eigenvalue weighted by molar-refractivity contribution is -0.134. The third kappa shape index (κ3) is 2.94. The summed E-state index contributed by atoms with van der Waals surface area (Å²) in [5.74, 6) is 1.11. The fourth-order valence-corrected chi connectivity index (χ4v) is 2.16. The van der Waals surface area contributed by atoms with Crippen molar-refractivity contribution in [1.29, 1.82) is 0 Å². The molecular formula is C12H23NO2. The topological polar surface area (TPSA) is 40.5 Å². The molecule has 1 amide bonds. The van der Waals surface area contributed by atoms with Gasteiger partial charge in [-0.3, -0.25) is 4.79 Å². The number of hydrogen-bond acceptors (Lipinski definition) is 2. The number of hydrogen-bond donors (Lipinski definition) is 1. The molecule has 1 saturated heterocycles. The van der Waals surface area contributed by atoms with Crippen LogP contribution in [0.1, 0.15) is 40.0 Å². The fourth-order valence-electron chi connectivity index (χ4n) is 2.16. The summed E-state index contributed by atoms with van der Waals surface area (Å²) < 4.78 is 0. The van der Waals surface area contributed by atoms with Gasteiger partial charge in [0.2, 0.25) is 5.91 Å². The van der Waals surface area contributed by atoms with Crippen molar-refractivity contribution in [2.24, 2.45) is 11.8 Å². The molecule has 3 nitrogen and oxygen atoms in total. The summed E-state index contributed by atoms with van der Waals surface area (Å²) >= 11 is 0. The van der Waals surface area contributed by atoms with E-state index in [4.69, 9.17) is 0 Å². The Kier molecular flexibility index (Phi) is 4.58. The Morgan fingerprint density at radius 3 is 2.80 bits per heavy atom. The predicted octanol–water partition coefficient (Wildman–Crippen LogP) is 1.65. The molecule has 0 spiro atoms. The molecule has 3 atom stereocenters. The lowest BCUT2D eigenvalue weighted by Gasteiger charge is -2.26. The molecule has 0 bridgehead atoms. The quantitative estimate of drug-likeness (QED) is 0.771. The molecule has 0 aromatic rings. The molecule has 0 aromatic heterocycles. The summed E-state index contributed by atoms with van der Waals surface area (Å²) in [4.78, 5) is 13.8. The highest BCUT2D eigenvalue weighted by atomic mass is 16.3. The number of nitrogens with zero attached hydrogens (tertiary/aromatic N) is 1. The summed E-state index contributed by atoms with van der Waals surface area (Å²) in [5.41, 5.74) is 0. The van der Waals surface area contributed by atoms with Gasteiger partial charge in [-0.05, 0) is 18.3 Å². The fraction of sp³-hybridized carbons (Fsp3) is 0.917. The van der Waals surface area contributed by atoms with Crippen LogP contribution in [0.3, 0.4) is 0 Å². The SMILES string of the molecule is CCC(C)CC(=O)N1CCC(C)C1CO. The van der Waals surface area contributed by atoms with Crippen LogP contribution in [0, 0.1) is 11.8 Å². The Hall–Kier alpha value is -0.570. The van der Waals surface area contributed by atoms with Gasteiger partial charge in [-0.1, -0.05) is 27.2 Å². The van der Waals surface area contributed by atoms with Gasteiger partial charge in [-0.25, -0.2) is 0 Å². The molecular weight excluding hydrogens is 190 g/mol. The first-order chi connectivity index (χ1) is 7.10. The average Bonchev–Trinajstić information content (AvgIpc) is 2.59. The number of aliphatic hydroxyl groups is 1. The van der Waals surface area contributed by atoms with E-state index >= 15 is 0 Å². The number of aliphatic hydroxyl groups excluding tert-OH is 1. The van der Waals surface area contributed by atoms with Crippen LogP contribution in [0.2, 0.25) is 0 Å². The second-order valence-electron chi connectivity index (χ2n) is 4.82. The molecule has 0 aliphatic carbocycles. The maximum Gasteiger partial charge on any atom is 0.223 e. The number of carbonyl (C=O) groups excluding carboxylic acids is 1. The highest BCUT2D eigenvalue weighted by molar-refractivity contribution is 5.77. The van der Waals surface area contributed by atoms with Gasteiger partial charge in [-0.2, -0.15) is 0 Å². The van der Waals surface area contributed by atoms with Crippen LogP contribution < -0.4 is 0 Å². The molecule has 3 heteroatoms. The highest BCUT2D eigenvalue weighted by Gasteiger charge is 2.33. The summed E-state index contributed by atoms with van der Waals surface area (Å²) in [6.07, 6.45) is 2.69. The number of likely N-dealkylation sites (tertiary alicyclic amines) is 1. The minimum absolute atomic E-state index is 0.0570. The molecule has 0 saturated carbocycles. The second-order valence-corrected chi connectivity index (χ2v) is 4.82. The molecule has 1 aliphatic rings. The van der Waals surface area contributed by atoms with Crippen molar-refractivity contribution in [3.63, 3.8) is 0 Å². The summed E-state index contributed by atoms with van der Waals surface area (Å²) in [6.45, 7) is 7.24. The minimum Gasteiger partial charge on any atom is -0.394 e. The van der Waals surface area contributed by atoms with Crippen molar-refractivity contribution in [1.82, 2.24) is 4.90 Å². The van der Waals surface area contributed by atoms with Crippen LogP contribution in [-0.2, 0) is 4.79 Å². The Labute approximate surface area is 92.5 Å². The second kappa shape index (κ2) is 5.50. The largest absolute Gasteiger partial charge is 0.394 e. The van der Waals surface area contributed by atoms with Crippen molar-refractivity contribution in [3.8, 4) is 0 Å². The number of rotatable bonds is 4. The highest BCUT2D eigenvalue weighted by Crippen LogP contribution is 2.25. The normalized spacial score (nSPS) is 28.1. The monoisotopic (exact) mass is 213 g/mol. The molecule has 1 heterocycles. The van der Waals surface area contributed by atoms with E-state index in [1.807, 2.05) is 4.90 Å². The van der Waals surface area contributed by atoms with Gasteiger partial charge < -0.3 is 10.0 Å². The predicted molar refractivity (Wildman–Crippen MR) is 60.4 cm³/mol. The van der Waals surface area contributed by atoms with Gasteiger partial charge in [0.1, 0.15) is 0 Å². The van der Waals surface area contributed by atoms with Crippen LogP contribution in [-0.4, -0.2) is 35.1 Å². The Bertz CT molecular complexity index is 218. The van der Waals surface area contributed by atoms with E-state index in [0.29, 0.717) is 18.3 Å². The van der Waals surface area contributed by atoms with Crippen LogP contribution in [0.5, 0.6) is 0 Å². The van der Waals surface area contributed by atoms with Gasteiger partial charge >= 0.3 is 0 Å². The van der Waals surface area contributed by atoms with E-state index < -0.39 is 0 Å². The maximum absolute atomic E-state index is 11.9. The zero-order chi connectivity index (χ0) is 11.4. The van der Waals surface area contributed by atoms with Gasteiger partial charge in [0.25, 0.3) is 0 Å². The van der Waals surface area contributed by atoms with E-state index in [1.54, 1.807) is 0 Å². The lowest BCUT2D eigenvalue weighted by atomic mass is 10.0. The summed E-state index contributed by atoms with van der Waals surface area (Å²) in [5, 5.41) is 9.25. The molecule has 88 valence electrons. The summed E-state index contributed by atoms with van der Waals surface area (Å²) in [7, 11) is 0. The van der Waals surface area contributed by atoms with Crippen LogP contribution in [0.25, 0.3) is 0 Å². The van der Waals surface area contributed by atoms with Crippen molar-refractivity contribution in [3.05, 3.63) is 0 Å². The third-order valence-electron chi connectivity index (χ3n) is 3.61. The third-order valence-corrected chi connectivity index (χ3v) is 3.61. The zero-order valence-corrected chi connectivity index (χ0v) is 10.1. The molecule has 1 N–H and O–H groups in total. The standard InChI is InChI=1S/C12H23NO2/c1-4-9(2)7-12(15)13-6-5-10(3)11(13)8-14/h9-11,14H,4-8H2,1-3H3. The molecule has 3 unspecified atom stereocenters. The molecule has 0 radical (unpaired) electrons.